The van der Waals surface area contributed by atoms with Crippen LogP contribution < -0.4 is 9.64 Å². The maximum absolute atomic E-state index is 12.7. The highest BCUT2D eigenvalue weighted by atomic mass is 32.2. The summed E-state index contributed by atoms with van der Waals surface area (Å²) in [7, 11) is 3.49. The van der Waals surface area contributed by atoms with Crippen LogP contribution in [0.4, 0.5) is 5.95 Å². The fourth-order valence-corrected chi connectivity index (χ4v) is 4.64. The van der Waals surface area contributed by atoms with E-state index in [1.54, 1.807) is 12.0 Å². The van der Waals surface area contributed by atoms with Crippen molar-refractivity contribution in [1.82, 2.24) is 19.7 Å². The van der Waals surface area contributed by atoms with Crippen LogP contribution in [0.5, 0.6) is 5.75 Å². The summed E-state index contributed by atoms with van der Waals surface area (Å²) in [5.41, 5.74) is 1.05. The maximum Gasteiger partial charge on any atom is 0.233 e. The zero-order chi connectivity index (χ0) is 20.2. The first-order chi connectivity index (χ1) is 14.2. The van der Waals surface area contributed by atoms with Crippen molar-refractivity contribution in [3.8, 4) is 5.75 Å². The van der Waals surface area contributed by atoms with E-state index in [0.717, 1.165) is 35.5 Å². The SMILES string of the molecule is COc1cccc(CN(C)C(=O)CSc2nnc(N3CCCCC3)n2C2CC2)c1. The number of piperidine rings is 1. The second-order valence-electron chi connectivity index (χ2n) is 7.82. The molecule has 0 bridgehead atoms. The van der Waals surface area contributed by atoms with Gasteiger partial charge in [0.2, 0.25) is 11.9 Å². The van der Waals surface area contributed by atoms with E-state index in [2.05, 4.69) is 19.7 Å². The molecule has 2 aliphatic rings. The molecule has 2 fully saturated rings. The summed E-state index contributed by atoms with van der Waals surface area (Å²) in [6.07, 6.45) is 6.08. The molecule has 2 heterocycles. The van der Waals surface area contributed by atoms with Crippen molar-refractivity contribution in [2.45, 2.75) is 49.8 Å². The topological polar surface area (TPSA) is 63.5 Å². The van der Waals surface area contributed by atoms with Crippen LogP contribution in [0.1, 0.15) is 43.7 Å². The molecule has 29 heavy (non-hydrogen) atoms. The monoisotopic (exact) mass is 415 g/mol. The van der Waals surface area contributed by atoms with Crippen LogP contribution in [-0.4, -0.2) is 58.6 Å². The summed E-state index contributed by atoms with van der Waals surface area (Å²) < 4.78 is 7.54. The summed E-state index contributed by atoms with van der Waals surface area (Å²) in [6.45, 7) is 2.67. The van der Waals surface area contributed by atoms with E-state index >= 15 is 0 Å². The first kappa shape index (κ1) is 20.1. The van der Waals surface area contributed by atoms with Gasteiger partial charge in [-0.3, -0.25) is 9.36 Å². The zero-order valence-corrected chi connectivity index (χ0v) is 18.0. The van der Waals surface area contributed by atoms with Crippen LogP contribution in [0.25, 0.3) is 0 Å². The molecule has 0 atom stereocenters. The fraction of sp³-hybridized carbons (Fsp3) is 0.571. The van der Waals surface area contributed by atoms with Crippen molar-refractivity contribution < 1.29 is 9.53 Å². The normalized spacial score (nSPS) is 16.7. The highest BCUT2D eigenvalue weighted by Crippen LogP contribution is 2.41. The first-order valence-corrected chi connectivity index (χ1v) is 11.3. The lowest BCUT2D eigenvalue weighted by atomic mass is 10.1. The molecule has 1 aromatic heterocycles. The molecule has 1 aliphatic heterocycles. The molecular weight excluding hydrogens is 386 g/mol. The number of hydrogen-bond donors (Lipinski definition) is 0. The summed E-state index contributed by atoms with van der Waals surface area (Å²) in [4.78, 5) is 16.8. The summed E-state index contributed by atoms with van der Waals surface area (Å²) in [6, 6.07) is 8.32. The molecule has 0 radical (unpaired) electrons. The van der Waals surface area contributed by atoms with Gasteiger partial charge in [0.15, 0.2) is 5.16 Å². The van der Waals surface area contributed by atoms with Crippen LogP contribution in [0.2, 0.25) is 0 Å². The highest BCUT2D eigenvalue weighted by molar-refractivity contribution is 7.99. The van der Waals surface area contributed by atoms with Gasteiger partial charge in [0.05, 0.1) is 12.9 Å². The Morgan fingerprint density at radius 1 is 1.24 bits per heavy atom. The third-order valence-electron chi connectivity index (χ3n) is 5.50. The first-order valence-electron chi connectivity index (χ1n) is 10.4. The molecule has 0 unspecified atom stereocenters. The van der Waals surface area contributed by atoms with Gasteiger partial charge in [0, 0.05) is 32.7 Å². The number of carbonyl (C=O) groups is 1. The zero-order valence-electron chi connectivity index (χ0n) is 17.2. The van der Waals surface area contributed by atoms with Gasteiger partial charge < -0.3 is 14.5 Å². The Morgan fingerprint density at radius 2 is 2.03 bits per heavy atom. The van der Waals surface area contributed by atoms with E-state index < -0.39 is 0 Å². The van der Waals surface area contributed by atoms with Crippen LogP contribution in [-0.2, 0) is 11.3 Å². The van der Waals surface area contributed by atoms with Crippen LogP contribution in [0, 0.1) is 0 Å². The van der Waals surface area contributed by atoms with Gasteiger partial charge in [0.1, 0.15) is 5.75 Å². The van der Waals surface area contributed by atoms with Gasteiger partial charge in [-0.1, -0.05) is 23.9 Å². The summed E-state index contributed by atoms with van der Waals surface area (Å²) in [5.74, 6) is 2.25. The van der Waals surface area contributed by atoms with Crippen molar-refractivity contribution in [2.24, 2.45) is 0 Å². The van der Waals surface area contributed by atoms with Crippen LogP contribution in [0.15, 0.2) is 29.4 Å². The third kappa shape index (κ3) is 4.86. The van der Waals surface area contributed by atoms with Crippen molar-refractivity contribution in [1.29, 1.82) is 0 Å². The van der Waals surface area contributed by atoms with Crippen LogP contribution in [0.3, 0.4) is 0 Å². The average Bonchev–Trinajstić information content (AvgIpc) is 3.51. The van der Waals surface area contributed by atoms with Gasteiger partial charge in [-0.05, 0) is 49.8 Å². The Kier molecular flexibility index (Phi) is 6.28. The van der Waals surface area contributed by atoms with E-state index in [1.807, 2.05) is 31.3 Å². The van der Waals surface area contributed by atoms with Gasteiger partial charge in [-0.25, -0.2) is 0 Å². The van der Waals surface area contributed by atoms with Gasteiger partial charge in [0.25, 0.3) is 0 Å². The Balaban J connectivity index is 1.38. The molecule has 4 rings (SSSR count). The second-order valence-corrected chi connectivity index (χ2v) is 8.76. The van der Waals surface area contributed by atoms with Crippen LogP contribution >= 0.6 is 11.8 Å². The Labute approximate surface area is 176 Å². The van der Waals surface area contributed by atoms with Gasteiger partial charge in [-0.15, -0.1) is 10.2 Å². The number of anilines is 1. The standard InChI is InChI=1S/C21H29N5O2S/c1-24(14-16-7-6-8-18(13-16)28-2)19(27)15-29-21-23-22-20(26(21)17-9-10-17)25-11-4-3-5-12-25/h6-8,13,17H,3-5,9-12,14-15H2,1-2H3. The van der Waals surface area contributed by atoms with Gasteiger partial charge in [-0.2, -0.15) is 0 Å². The minimum Gasteiger partial charge on any atom is -0.497 e. The van der Waals surface area contributed by atoms with Crippen molar-refractivity contribution in [2.75, 3.05) is 37.9 Å². The number of benzene rings is 1. The molecule has 8 heteroatoms. The minimum atomic E-state index is 0.0858. The highest BCUT2D eigenvalue weighted by Gasteiger charge is 2.32. The quantitative estimate of drug-likeness (QED) is 0.616. The fourth-order valence-electron chi connectivity index (χ4n) is 3.70. The predicted octanol–water partition coefficient (Wildman–Crippen LogP) is 3.36. The molecule has 156 valence electrons. The predicted molar refractivity (Wildman–Crippen MR) is 115 cm³/mol. The molecule has 7 nitrogen and oxygen atoms in total. The van der Waals surface area contributed by atoms with E-state index in [9.17, 15) is 4.79 Å². The maximum atomic E-state index is 12.7. The van der Waals surface area contributed by atoms with Gasteiger partial charge >= 0.3 is 0 Å². The minimum absolute atomic E-state index is 0.0858. The number of carbonyl (C=O) groups excluding carboxylic acids is 1. The molecule has 1 saturated heterocycles. The number of nitrogens with zero attached hydrogens (tertiary/aromatic N) is 5. The molecule has 2 aromatic rings. The van der Waals surface area contributed by atoms with Crippen molar-refractivity contribution >= 4 is 23.6 Å². The molecular formula is C21H29N5O2S. The smallest absolute Gasteiger partial charge is 0.233 e. The molecule has 1 saturated carbocycles. The Bertz CT molecular complexity index is 845. The molecule has 1 aromatic carbocycles. The molecule has 1 aliphatic carbocycles. The number of rotatable bonds is 8. The van der Waals surface area contributed by atoms with E-state index in [0.29, 0.717) is 18.3 Å². The van der Waals surface area contributed by atoms with Crippen molar-refractivity contribution in [3.05, 3.63) is 29.8 Å². The summed E-state index contributed by atoms with van der Waals surface area (Å²) in [5, 5.41) is 9.80. The van der Waals surface area contributed by atoms with Crippen molar-refractivity contribution in [3.63, 3.8) is 0 Å². The third-order valence-corrected chi connectivity index (χ3v) is 6.43. The number of hydrogen-bond acceptors (Lipinski definition) is 6. The lowest BCUT2D eigenvalue weighted by molar-refractivity contribution is -0.127. The lowest BCUT2D eigenvalue weighted by Crippen LogP contribution is -2.32. The average molecular weight is 416 g/mol. The Morgan fingerprint density at radius 3 is 2.76 bits per heavy atom. The summed E-state index contributed by atoms with van der Waals surface area (Å²) >= 11 is 1.50. The Hall–Kier alpha value is -2.22. The number of thioether (sulfide) groups is 1. The lowest BCUT2D eigenvalue weighted by Gasteiger charge is -2.27. The number of methoxy groups -OCH3 is 1. The van der Waals surface area contributed by atoms with E-state index in [-0.39, 0.29) is 5.91 Å². The van der Waals surface area contributed by atoms with E-state index in [1.165, 1.54) is 43.9 Å². The number of aromatic nitrogens is 3. The number of amides is 1. The largest absolute Gasteiger partial charge is 0.497 e. The molecule has 0 N–H and O–H groups in total. The molecule has 1 amide bonds. The molecule has 0 spiro atoms. The number of ether oxygens (including phenoxy) is 1. The second kappa shape index (κ2) is 9.07. The van der Waals surface area contributed by atoms with E-state index in [4.69, 9.17) is 4.74 Å².